The number of ether oxygens (including phenoxy) is 1. The van der Waals surface area contributed by atoms with Gasteiger partial charge in [-0.05, 0) is 24.5 Å². The first-order valence-electron chi connectivity index (χ1n) is 7.35. The summed E-state index contributed by atoms with van der Waals surface area (Å²) in [6, 6.07) is 3.66. The summed E-state index contributed by atoms with van der Waals surface area (Å²) in [6.45, 7) is 7.41. The fourth-order valence-corrected chi connectivity index (χ4v) is 2.49. The fourth-order valence-electron chi connectivity index (χ4n) is 2.25. The van der Waals surface area contributed by atoms with Crippen molar-refractivity contribution >= 4 is 23.5 Å². The molecular weight excluding hydrogens is 290 g/mol. The van der Waals surface area contributed by atoms with E-state index in [2.05, 4.69) is 9.88 Å². The number of carbonyl (C=O) groups is 1. The van der Waals surface area contributed by atoms with Crippen molar-refractivity contribution in [2.75, 3.05) is 37.7 Å². The zero-order chi connectivity index (χ0) is 15.2. The molecule has 6 heteroatoms. The highest BCUT2D eigenvalue weighted by atomic mass is 35.5. The number of carbonyl (C=O) groups excluding carboxylic acids is 1. The average Bonchev–Trinajstić information content (AvgIpc) is 2.71. The van der Waals surface area contributed by atoms with Crippen molar-refractivity contribution in [1.82, 2.24) is 9.88 Å². The minimum atomic E-state index is -0.224. The third-order valence-corrected chi connectivity index (χ3v) is 3.63. The van der Waals surface area contributed by atoms with Gasteiger partial charge in [-0.1, -0.05) is 25.4 Å². The molecule has 2 heterocycles. The van der Waals surface area contributed by atoms with Gasteiger partial charge in [-0.15, -0.1) is 0 Å². The third kappa shape index (κ3) is 4.49. The first kappa shape index (κ1) is 15.9. The molecule has 0 bridgehead atoms. The van der Waals surface area contributed by atoms with Crippen LogP contribution in [0.3, 0.4) is 0 Å². The topological polar surface area (TPSA) is 45.7 Å². The van der Waals surface area contributed by atoms with Gasteiger partial charge in [0.2, 0.25) is 0 Å². The first-order valence-corrected chi connectivity index (χ1v) is 7.73. The van der Waals surface area contributed by atoms with Crippen LogP contribution in [0.5, 0.6) is 0 Å². The molecule has 2 rings (SSSR count). The molecule has 5 nitrogen and oxygen atoms in total. The van der Waals surface area contributed by atoms with Gasteiger partial charge < -0.3 is 14.5 Å². The second-order valence-corrected chi connectivity index (χ2v) is 6.01. The Morgan fingerprint density at radius 3 is 2.90 bits per heavy atom. The summed E-state index contributed by atoms with van der Waals surface area (Å²) < 4.78 is 5.29. The van der Waals surface area contributed by atoms with E-state index in [1.165, 1.54) is 0 Å². The predicted molar refractivity (Wildman–Crippen MR) is 83.8 cm³/mol. The fraction of sp³-hybridized carbons (Fsp3) is 0.600. The monoisotopic (exact) mass is 311 g/mol. The maximum atomic E-state index is 12.0. The second-order valence-electron chi connectivity index (χ2n) is 5.61. The Labute approximate surface area is 130 Å². The summed E-state index contributed by atoms with van der Waals surface area (Å²) in [5.41, 5.74) is 0. The van der Waals surface area contributed by atoms with E-state index in [0.717, 1.165) is 18.8 Å². The second kappa shape index (κ2) is 7.50. The first-order chi connectivity index (χ1) is 10.1. The van der Waals surface area contributed by atoms with Gasteiger partial charge >= 0.3 is 6.09 Å². The van der Waals surface area contributed by atoms with E-state index in [4.69, 9.17) is 16.3 Å². The van der Waals surface area contributed by atoms with Gasteiger partial charge in [-0.25, -0.2) is 9.78 Å². The molecular formula is C15H22ClN3O2. The lowest BCUT2D eigenvalue weighted by Crippen LogP contribution is -2.36. The summed E-state index contributed by atoms with van der Waals surface area (Å²) >= 11 is 6.18. The molecule has 1 aliphatic rings. The number of hydrogen-bond acceptors (Lipinski definition) is 4. The van der Waals surface area contributed by atoms with Crippen LogP contribution in [0.2, 0.25) is 5.02 Å². The van der Waals surface area contributed by atoms with Crippen molar-refractivity contribution in [1.29, 1.82) is 0 Å². The third-order valence-electron chi connectivity index (χ3n) is 3.33. The molecule has 1 fully saturated rings. The van der Waals surface area contributed by atoms with Crippen molar-refractivity contribution in [2.45, 2.75) is 20.3 Å². The Morgan fingerprint density at radius 2 is 2.19 bits per heavy atom. The highest BCUT2D eigenvalue weighted by Gasteiger charge is 2.22. The lowest BCUT2D eigenvalue weighted by atomic mass is 10.2. The van der Waals surface area contributed by atoms with E-state index in [1.807, 2.05) is 26.0 Å². The standard InChI is InChI=1S/C15H22ClN3O2/c1-12(2)11-21-15(20)19-8-4-7-18(9-10-19)14-13(16)5-3-6-17-14/h3,5-6,12H,4,7-11H2,1-2H3. The molecule has 1 saturated heterocycles. The largest absolute Gasteiger partial charge is 0.449 e. The zero-order valence-electron chi connectivity index (χ0n) is 12.6. The van der Waals surface area contributed by atoms with E-state index < -0.39 is 0 Å². The minimum Gasteiger partial charge on any atom is -0.449 e. The van der Waals surface area contributed by atoms with E-state index in [-0.39, 0.29) is 6.09 Å². The highest BCUT2D eigenvalue weighted by Crippen LogP contribution is 2.23. The van der Waals surface area contributed by atoms with Crippen LogP contribution in [-0.4, -0.2) is 48.8 Å². The maximum Gasteiger partial charge on any atom is 0.409 e. The quantitative estimate of drug-likeness (QED) is 0.860. The van der Waals surface area contributed by atoms with E-state index >= 15 is 0 Å². The lowest BCUT2D eigenvalue weighted by Gasteiger charge is -2.23. The number of nitrogens with zero attached hydrogens (tertiary/aromatic N) is 3. The molecule has 21 heavy (non-hydrogen) atoms. The Balaban J connectivity index is 1.93. The van der Waals surface area contributed by atoms with Crippen molar-refractivity contribution in [3.05, 3.63) is 23.4 Å². The minimum absolute atomic E-state index is 0.224. The number of rotatable bonds is 3. The van der Waals surface area contributed by atoms with Crippen LogP contribution >= 0.6 is 11.6 Å². The molecule has 0 aliphatic carbocycles. The number of pyridine rings is 1. The Morgan fingerprint density at radius 1 is 1.38 bits per heavy atom. The predicted octanol–water partition coefficient (Wildman–Crippen LogP) is 3.04. The van der Waals surface area contributed by atoms with Crippen LogP contribution in [0.15, 0.2) is 18.3 Å². The molecule has 1 amide bonds. The maximum absolute atomic E-state index is 12.0. The number of anilines is 1. The molecule has 1 aliphatic heterocycles. The summed E-state index contributed by atoms with van der Waals surface area (Å²) in [4.78, 5) is 20.2. The molecule has 0 unspecified atom stereocenters. The summed E-state index contributed by atoms with van der Waals surface area (Å²) in [6.07, 6.45) is 2.39. The SMILES string of the molecule is CC(C)COC(=O)N1CCCN(c2ncccc2Cl)CC1. The molecule has 0 spiro atoms. The summed E-state index contributed by atoms with van der Waals surface area (Å²) in [7, 11) is 0. The Bertz CT molecular complexity index is 482. The van der Waals surface area contributed by atoms with Gasteiger partial charge in [0.1, 0.15) is 5.82 Å². The average molecular weight is 312 g/mol. The summed E-state index contributed by atoms with van der Waals surface area (Å²) in [5, 5.41) is 0.647. The van der Waals surface area contributed by atoms with Crippen molar-refractivity contribution in [2.24, 2.45) is 5.92 Å². The molecule has 116 valence electrons. The number of amides is 1. The summed E-state index contributed by atoms with van der Waals surface area (Å²) in [5.74, 6) is 1.14. The lowest BCUT2D eigenvalue weighted by molar-refractivity contribution is 0.0943. The van der Waals surface area contributed by atoms with Gasteiger partial charge in [-0.3, -0.25) is 0 Å². The van der Waals surface area contributed by atoms with Crippen LogP contribution < -0.4 is 4.90 Å². The zero-order valence-corrected chi connectivity index (χ0v) is 13.3. The number of halogens is 1. The van der Waals surface area contributed by atoms with Crippen LogP contribution in [0.1, 0.15) is 20.3 Å². The van der Waals surface area contributed by atoms with E-state index in [9.17, 15) is 4.79 Å². The van der Waals surface area contributed by atoms with Gasteiger partial charge in [0, 0.05) is 32.4 Å². The molecule has 0 radical (unpaired) electrons. The number of hydrogen-bond donors (Lipinski definition) is 0. The molecule has 0 saturated carbocycles. The normalized spacial score (nSPS) is 16.0. The van der Waals surface area contributed by atoms with Crippen LogP contribution in [-0.2, 0) is 4.74 Å². The van der Waals surface area contributed by atoms with E-state index in [0.29, 0.717) is 37.2 Å². The van der Waals surface area contributed by atoms with Gasteiger partial charge in [0.05, 0.1) is 11.6 Å². The van der Waals surface area contributed by atoms with Crippen molar-refractivity contribution in [3.8, 4) is 0 Å². The van der Waals surface area contributed by atoms with Crippen LogP contribution in [0.4, 0.5) is 10.6 Å². The molecule has 1 aromatic heterocycles. The van der Waals surface area contributed by atoms with Crippen LogP contribution in [0.25, 0.3) is 0 Å². The van der Waals surface area contributed by atoms with Gasteiger partial charge in [0.25, 0.3) is 0 Å². The molecule has 0 aromatic carbocycles. The molecule has 1 aromatic rings. The van der Waals surface area contributed by atoms with Crippen LogP contribution in [0, 0.1) is 5.92 Å². The smallest absolute Gasteiger partial charge is 0.409 e. The van der Waals surface area contributed by atoms with Gasteiger partial charge in [-0.2, -0.15) is 0 Å². The van der Waals surface area contributed by atoms with Gasteiger partial charge in [0.15, 0.2) is 0 Å². The highest BCUT2D eigenvalue weighted by molar-refractivity contribution is 6.32. The Hall–Kier alpha value is -1.49. The van der Waals surface area contributed by atoms with E-state index in [1.54, 1.807) is 11.1 Å². The van der Waals surface area contributed by atoms with Crippen molar-refractivity contribution < 1.29 is 9.53 Å². The molecule has 0 N–H and O–H groups in total. The Kier molecular flexibility index (Phi) is 5.67. The van der Waals surface area contributed by atoms with Crippen molar-refractivity contribution in [3.63, 3.8) is 0 Å². The molecule has 0 atom stereocenters. The number of aromatic nitrogens is 1.